The first-order chi connectivity index (χ1) is 7.58. The molecule has 0 radical (unpaired) electrons. The van der Waals surface area contributed by atoms with Crippen LogP contribution in [0.5, 0.6) is 0 Å². The zero-order valence-corrected chi connectivity index (χ0v) is 11.3. The minimum atomic E-state index is -0.551. The van der Waals surface area contributed by atoms with Crippen LogP contribution in [-0.2, 0) is 21.7 Å². The van der Waals surface area contributed by atoms with E-state index >= 15 is 0 Å². The molecule has 0 bridgehead atoms. The molecular weight excluding hydrogens is 254 g/mol. The van der Waals surface area contributed by atoms with E-state index in [1.165, 1.54) is 12.1 Å². The number of benzene rings is 2. The van der Waals surface area contributed by atoms with Crippen molar-refractivity contribution in [1.29, 1.82) is 0 Å². The van der Waals surface area contributed by atoms with E-state index in [2.05, 4.69) is 0 Å². The molecule has 0 aliphatic rings. The zero-order chi connectivity index (χ0) is 11.7. The molecule has 86 valence electrons. The van der Waals surface area contributed by atoms with Gasteiger partial charge < -0.3 is 0 Å². The van der Waals surface area contributed by atoms with Gasteiger partial charge in [-0.25, -0.2) is 8.78 Å². The van der Waals surface area contributed by atoms with Crippen LogP contribution in [0.25, 0.3) is 11.1 Å². The summed E-state index contributed by atoms with van der Waals surface area (Å²) in [5.74, 6) is -1.08. The molecule has 0 spiro atoms. The predicted molar refractivity (Wildman–Crippen MR) is 61.3 cm³/mol. The zero-order valence-electron chi connectivity index (χ0n) is 9.72. The van der Waals surface area contributed by atoms with Crippen molar-refractivity contribution in [2.24, 2.45) is 0 Å². The van der Waals surface area contributed by atoms with E-state index in [4.69, 9.17) is 0 Å². The van der Waals surface area contributed by atoms with Crippen molar-refractivity contribution < 1.29 is 30.5 Å². The van der Waals surface area contributed by atoms with Crippen molar-refractivity contribution in [3.8, 4) is 11.1 Å². The summed E-state index contributed by atoms with van der Waals surface area (Å²) in [6.45, 7) is 3.97. The summed E-state index contributed by atoms with van der Waals surface area (Å²) in [6, 6.07) is 9.34. The number of hydrogen-bond donors (Lipinski definition) is 0. The van der Waals surface area contributed by atoms with Crippen molar-refractivity contribution in [2.75, 3.05) is 0 Å². The molecule has 2 aromatic rings. The van der Waals surface area contributed by atoms with Crippen LogP contribution >= 0.6 is 0 Å². The summed E-state index contributed by atoms with van der Waals surface area (Å²) in [5.41, 5.74) is 3.47. The molecule has 2 aromatic carbocycles. The van der Waals surface area contributed by atoms with Crippen molar-refractivity contribution >= 4 is 0 Å². The third-order valence-electron chi connectivity index (χ3n) is 2.75. The summed E-state index contributed by atoms with van der Waals surface area (Å²) in [6.07, 6.45) is 0. The van der Waals surface area contributed by atoms with Gasteiger partial charge in [-0.15, -0.1) is 0 Å². The van der Waals surface area contributed by atoms with Gasteiger partial charge in [-0.2, -0.15) is 0 Å². The molecule has 0 amide bonds. The summed E-state index contributed by atoms with van der Waals surface area (Å²) >= 11 is 0. The number of aryl methyl sites for hydroxylation is 2. The van der Waals surface area contributed by atoms with Crippen molar-refractivity contribution in [3.63, 3.8) is 0 Å². The van der Waals surface area contributed by atoms with E-state index in [0.717, 1.165) is 22.8 Å². The Balaban J connectivity index is 0.00000144. The van der Waals surface area contributed by atoms with Crippen LogP contribution in [0, 0.1) is 25.5 Å². The summed E-state index contributed by atoms with van der Waals surface area (Å²) < 4.78 is 26.3. The van der Waals surface area contributed by atoms with Crippen LogP contribution in [0.1, 0.15) is 11.1 Å². The Hall–Kier alpha value is -0.986. The van der Waals surface area contributed by atoms with Gasteiger partial charge in [-0.05, 0) is 42.7 Å². The first-order valence-electron chi connectivity index (χ1n) is 5.10. The van der Waals surface area contributed by atoms with Crippen LogP contribution in [-0.4, -0.2) is 0 Å². The minimum absolute atomic E-state index is 0. The Kier molecular flexibility index (Phi) is 4.61. The Morgan fingerprint density at radius 2 is 1.53 bits per heavy atom. The van der Waals surface area contributed by atoms with Gasteiger partial charge in [0.2, 0.25) is 0 Å². The Morgan fingerprint density at radius 1 is 0.824 bits per heavy atom. The molecule has 0 N–H and O–H groups in total. The van der Waals surface area contributed by atoms with Gasteiger partial charge in [0.15, 0.2) is 0 Å². The first-order valence-corrected chi connectivity index (χ1v) is 5.10. The molecular formula is C14H12F2Ti. The maximum atomic E-state index is 13.5. The molecule has 0 saturated heterocycles. The number of halogens is 2. The smallest absolute Gasteiger partial charge is 0.133 e. The second-order valence-electron chi connectivity index (χ2n) is 3.92. The standard InChI is InChI=1S/C14H12F2.Ti/c1-9-3-4-11(7-10(9)2)13-6-5-12(15)8-14(13)16;/h3-8H,1-2H3;. The molecule has 0 saturated carbocycles. The Morgan fingerprint density at radius 3 is 2.12 bits per heavy atom. The van der Waals surface area contributed by atoms with E-state index in [1.54, 1.807) is 0 Å². The molecule has 0 nitrogen and oxygen atoms in total. The quantitative estimate of drug-likeness (QED) is 0.677. The van der Waals surface area contributed by atoms with Crippen LogP contribution in [0.3, 0.4) is 0 Å². The maximum Gasteiger partial charge on any atom is 0.133 e. The summed E-state index contributed by atoms with van der Waals surface area (Å²) in [5, 5.41) is 0. The van der Waals surface area contributed by atoms with Crippen molar-refractivity contribution in [3.05, 3.63) is 59.2 Å². The molecule has 17 heavy (non-hydrogen) atoms. The van der Waals surface area contributed by atoms with Gasteiger partial charge in [0.25, 0.3) is 0 Å². The molecule has 0 fully saturated rings. The molecule has 2 rings (SSSR count). The summed E-state index contributed by atoms with van der Waals surface area (Å²) in [4.78, 5) is 0. The van der Waals surface area contributed by atoms with E-state index < -0.39 is 11.6 Å². The van der Waals surface area contributed by atoms with Crippen LogP contribution in [0.2, 0.25) is 0 Å². The van der Waals surface area contributed by atoms with Crippen LogP contribution < -0.4 is 0 Å². The Labute approximate surface area is 115 Å². The van der Waals surface area contributed by atoms with E-state index in [-0.39, 0.29) is 21.7 Å². The molecule has 0 unspecified atom stereocenters. The topological polar surface area (TPSA) is 0 Å². The van der Waals surface area contributed by atoms with Gasteiger partial charge in [0.05, 0.1) is 0 Å². The summed E-state index contributed by atoms with van der Waals surface area (Å²) in [7, 11) is 0. The first kappa shape index (κ1) is 14.1. The fourth-order valence-corrected chi connectivity index (χ4v) is 1.63. The predicted octanol–water partition coefficient (Wildman–Crippen LogP) is 4.25. The third-order valence-corrected chi connectivity index (χ3v) is 2.75. The normalized spacial score (nSPS) is 9.88. The fraction of sp³-hybridized carbons (Fsp3) is 0.143. The second kappa shape index (κ2) is 5.57. The van der Waals surface area contributed by atoms with E-state index in [0.29, 0.717) is 5.56 Å². The second-order valence-corrected chi connectivity index (χ2v) is 3.92. The fourth-order valence-electron chi connectivity index (χ4n) is 1.63. The molecule has 0 heterocycles. The molecule has 3 heteroatoms. The molecule has 0 aliphatic heterocycles. The third kappa shape index (κ3) is 3.02. The van der Waals surface area contributed by atoms with Gasteiger partial charge in [-0.3, -0.25) is 0 Å². The average Bonchev–Trinajstić information content (AvgIpc) is 2.22. The minimum Gasteiger partial charge on any atom is -0.207 e. The number of rotatable bonds is 1. The van der Waals surface area contributed by atoms with Crippen molar-refractivity contribution in [2.45, 2.75) is 13.8 Å². The molecule has 0 aromatic heterocycles. The molecule has 0 atom stereocenters. The van der Waals surface area contributed by atoms with Crippen LogP contribution in [0.4, 0.5) is 8.78 Å². The monoisotopic (exact) mass is 266 g/mol. The van der Waals surface area contributed by atoms with Gasteiger partial charge in [-0.1, -0.05) is 18.2 Å². The van der Waals surface area contributed by atoms with E-state index in [1.807, 2.05) is 32.0 Å². The largest absolute Gasteiger partial charge is 0.207 e. The van der Waals surface area contributed by atoms with E-state index in [9.17, 15) is 8.78 Å². The molecule has 0 aliphatic carbocycles. The Bertz CT molecular complexity index is 536. The van der Waals surface area contributed by atoms with Gasteiger partial charge in [0, 0.05) is 33.3 Å². The van der Waals surface area contributed by atoms with Crippen molar-refractivity contribution in [1.82, 2.24) is 0 Å². The van der Waals surface area contributed by atoms with Crippen LogP contribution in [0.15, 0.2) is 36.4 Å². The van der Waals surface area contributed by atoms with Gasteiger partial charge in [0.1, 0.15) is 11.6 Å². The van der Waals surface area contributed by atoms with Gasteiger partial charge >= 0.3 is 0 Å². The average molecular weight is 266 g/mol. The SMILES string of the molecule is Cc1ccc(-c2ccc(F)cc2F)cc1C.[Ti]. The maximum absolute atomic E-state index is 13.5. The number of hydrogen-bond acceptors (Lipinski definition) is 0.